The molecule has 0 aliphatic rings. The number of phenolic OH excluding ortho intramolecular Hbond substituents is 4. The normalized spacial score (nSPS) is 12.8. The second-order valence-corrected chi connectivity index (χ2v) is 18.8. The van der Waals surface area contributed by atoms with Crippen molar-refractivity contribution in [1.29, 1.82) is 0 Å². The standard InChI is InChI=1S/C38H26N4O16S4/c43-29-17-27(59(47,48)49)13-23-15-31(61(53,54)55)35(37(45)33(23)29)41-39-25-9-5-21(6-10-25)19-1-2-20(4-3-19)22-7-11-26(12-8-22)40-42-36-32(62(56,57)58)16-24-14-28(60(50,51)52)18-30(44)34(24)38(36)46/h1-18,43-46H,(H,47,48,49)(H,50,51,52)(H,53,54,55)(H,56,57,58). The summed E-state index contributed by atoms with van der Waals surface area (Å²) < 4.78 is 134. The van der Waals surface area contributed by atoms with Gasteiger partial charge >= 0.3 is 0 Å². The van der Waals surface area contributed by atoms with E-state index in [1.165, 1.54) is 24.3 Å². The van der Waals surface area contributed by atoms with Crippen LogP contribution < -0.4 is 0 Å². The second-order valence-electron chi connectivity index (χ2n) is 13.2. The van der Waals surface area contributed by atoms with Gasteiger partial charge in [0.1, 0.15) is 32.7 Å². The van der Waals surface area contributed by atoms with E-state index in [2.05, 4.69) is 20.5 Å². The summed E-state index contributed by atoms with van der Waals surface area (Å²) in [5.74, 6) is -3.58. The Morgan fingerprint density at radius 3 is 0.919 bits per heavy atom. The number of phenols is 4. The van der Waals surface area contributed by atoms with Crippen LogP contribution in [-0.4, -0.2) is 72.3 Å². The molecule has 7 aromatic carbocycles. The summed E-state index contributed by atoms with van der Waals surface area (Å²) in [5.41, 5.74) is 1.77. The Balaban J connectivity index is 1.10. The van der Waals surface area contributed by atoms with Crippen molar-refractivity contribution in [1.82, 2.24) is 0 Å². The first-order chi connectivity index (χ1) is 28.9. The molecule has 0 radical (unpaired) electrons. The van der Waals surface area contributed by atoms with Crippen molar-refractivity contribution in [2.75, 3.05) is 0 Å². The van der Waals surface area contributed by atoms with Crippen LogP contribution in [0.5, 0.6) is 23.0 Å². The molecule has 0 aliphatic carbocycles. The van der Waals surface area contributed by atoms with Gasteiger partial charge in [-0.15, -0.1) is 10.2 Å². The number of nitrogens with zero attached hydrogens (tertiary/aromatic N) is 4. The monoisotopic (exact) mass is 922 g/mol. The smallest absolute Gasteiger partial charge is 0.296 e. The van der Waals surface area contributed by atoms with Crippen LogP contribution in [0, 0.1) is 0 Å². The minimum Gasteiger partial charge on any atom is -0.507 e. The molecule has 0 fully saturated rings. The Bertz CT molecular complexity index is 3290. The van der Waals surface area contributed by atoms with Crippen LogP contribution in [0.3, 0.4) is 0 Å². The summed E-state index contributed by atoms with van der Waals surface area (Å²) in [6.45, 7) is 0. The lowest BCUT2D eigenvalue weighted by molar-refractivity contribution is 0.457. The van der Waals surface area contributed by atoms with Crippen molar-refractivity contribution in [2.45, 2.75) is 19.6 Å². The molecular formula is C38H26N4O16S4. The van der Waals surface area contributed by atoms with E-state index in [1.54, 1.807) is 48.5 Å². The molecule has 7 aromatic rings. The van der Waals surface area contributed by atoms with Crippen molar-refractivity contribution in [2.24, 2.45) is 20.5 Å². The molecule has 0 bridgehead atoms. The van der Waals surface area contributed by atoms with Gasteiger partial charge < -0.3 is 20.4 Å². The third-order valence-electron chi connectivity index (χ3n) is 9.17. The molecular weight excluding hydrogens is 897 g/mol. The number of aromatic hydroxyl groups is 4. The van der Waals surface area contributed by atoms with Crippen LogP contribution in [0.25, 0.3) is 43.8 Å². The van der Waals surface area contributed by atoms with Gasteiger partial charge in [0.25, 0.3) is 40.5 Å². The van der Waals surface area contributed by atoms with E-state index in [-0.39, 0.29) is 22.1 Å². The summed E-state index contributed by atoms with van der Waals surface area (Å²) in [4.78, 5) is -3.53. The Morgan fingerprint density at radius 2 is 0.645 bits per heavy atom. The zero-order chi connectivity index (χ0) is 45.1. The highest BCUT2D eigenvalue weighted by molar-refractivity contribution is 7.86. The van der Waals surface area contributed by atoms with Crippen LogP contribution in [0.15, 0.2) is 149 Å². The molecule has 20 nitrogen and oxygen atoms in total. The molecule has 0 amide bonds. The van der Waals surface area contributed by atoms with E-state index < -0.39 is 105 Å². The van der Waals surface area contributed by atoms with Gasteiger partial charge in [0.15, 0.2) is 11.5 Å². The lowest BCUT2D eigenvalue weighted by Crippen LogP contribution is -2.01. The van der Waals surface area contributed by atoms with Gasteiger partial charge in [-0.05, 0) is 81.6 Å². The van der Waals surface area contributed by atoms with E-state index in [9.17, 15) is 72.3 Å². The molecule has 24 heteroatoms. The van der Waals surface area contributed by atoms with E-state index in [4.69, 9.17) is 0 Å². The quantitative estimate of drug-likeness (QED) is 0.0476. The average molecular weight is 923 g/mol. The summed E-state index contributed by atoms with van der Waals surface area (Å²) in [7, 11) is -19.9. The molecule has 0 saturated carbocycles. The van der Waals surface area contributed by atoms with Gasteiger partial charge in [0.05, 0.1) is 31.9 Å². The number of hydrogen-bond acceptors (Lipinski definition) is 16. The number of hydrogen-bond donors (Lipinski definition) is 8. The lowest BCUT2D eigenvalue weighted by atomic mass is 10.00. The minimum atomic E-state index is -5.09. The summed E-state index contributed by atoms with van der Waals surface area (Å²) in [5, 5.41) is 56.4. The van der Waals surface area contributed by atoms with Crippen LogP contribution in [0.2, 0.25) is 0 Å². The van der Waals surface area contributed by atoms with Gasteiger partial charge in [-0.2, -0.15) is 43.9 Å². The maximum Gasteiger partial charge on any atom is 0.296 e. The molecule has 8 N–H and O–H groups in total. The largest absolute Gasteiger partial charge is 0.507 e. The highest BCUT2D eigenvalue weighted by atomic mass is 32.2. The zero-order valence-corrected chi connectivity index (χ0v) is 33.9. The van der Waals surface area contributed by atoms with E-state index in [1.807, 2.05) is 0 Å². The van der Waals surface area contributed by atoms with E-state index >= 15 is 0 Å². The molecule has 0 heterocycles. The molecule has 318 valence electrons. The van der Waals surface area contributed by atoms with Crippen LogP contribution >= 0.6 is 0 Å². The Kier molecular flexibility index (Phi) is 10.8. The lowest BCUT2D eigenvalue weighted by Gasteiger charge is -2.11. The second kappa shape index (κ2) is 15.5. The SMILES string of the molecule is O=S(=O)(O)c1cc(O)c2c(O)c(N=Nc3ccc(-c4ccc(-c5ccc(N=Nc6c(S(=O)(=O)O)cc7cc(S(=O)(=O)O)cc(O)c7c6O)cc5)cc4)cc3)c(S(=O)(=O)O)cc2c1. The fraction of sp³-hybridized carbons (Fsp3) is 0. The predicted molar refractivity (Wildman–Crippen MR) is 219 cm³/mol. The first kappa shape index (κ1) is 43.2. The number of fused-ring (bicyclic) bond motifs is 2. The van der Waals surface area contributed by atoms with Crippen molar-refractivity contribution in [3.05, 3.63) is 109 Å². The third-order valence-corrected chi connectivity index (χ3v) is 12.6. The average Bonchev–Trinajstić information content (AvgIpc) is 3.18. The molecule has 0 spiro atoms. The zero-order valence-electron chi connectivity index (χ0n) is 30.7. The van der Waals surface area contributed by atoms with Crippen molar-refractivity contribution >= 4 is 84.8 Å². The van der Waals surface area contributed by atoms with Crippen molar-refractivity contribution in [3.63, 3.8) is 0 Å². The minimum absolute atomic E-state index is 0.173. The molecule has 7 rings (SSSR count). The fourth-order valence-corrected chi connectivity index (χ4v) is 8.66. The molecule has 0 aliphatic heterocycles. The van der Waals surface area contributed by atoms with E-state index in [0.717, 1.165) is 35.4 Å². The fourth-order valence-electron chi connectivity index (χ4n) is 6.27. The summed E-state index contributed by atoms with van der Waals surface area (Å²) >= 11 is 0. The van der Waals surface area contributed by atoms with Crippen LogP contribution in [-0.2, 0) is 40.5 Å². The van der Waals surface area contributed by atoms with Gasteiger partial charge in [-0.25, -0.2) is 0 Å². The van der Waals surface area contributed by atoms with Crippen molar-refractivity contribution in [3.8, 4) is 45.3 Å². The Hall–Kier alpha value is -6.90. The maximum atomic E-state index is 12.2. The number of rotatable bonds is 10. The molecule has 0 atom stereocenters. The van der Waals surface area contributed by atoms with Gasteiger partial charge in [0.2, 0.25) is 0 Å². The van der Waals surface area contributed by atoms with Crippen LogP contribution in [0.4, 0.5) is 22.7 Å². The van der Waals surface area contributed by atoms with Gasteiger partial charge in [-0.3, -0.25) is 18.2 Å². The summed E-state index contributed by atoms with van der Waals surface area (Å²) in [6, 6.07) is 24.2. The first-order valence-corrected chi connectivity index (χ1v) is 22.8. The molecule has 0 unspecified atom stereocenters. The topological polar surface area (TPSA) is 348 Å². The molecule has 62 heavy (non-hydrogen) atoms. The van der Waals surface area contributed by atoms with E-state index in [0.29, 0.717) is 23.3 Å². The van der Waals surface area contributed by atoms with Crippen molar-refractivity contribution < 1.29 is 72.3 Å². The van der Waals surface area contributed by atoms with Gasteiger partial charge in [0, 0.05) is 12.1 Å². The Morgan fingerprint density at radius 1 is 0.355 bits per heavy atom. The number of benzene rings is 7. The molecule has 0 saturated heterocycles. The maximum absolute atomic E-state index is 12.2. The first-order valence-electron chi connectivity index (χ1n) is 17.0. The Labute approximate surface area is 350 Å². The highest BCUT2D eigenvalue weighted by Crippen LogP contribution is 2.47. The predicted octanol–water partition coefficient (Wildman–Crippen LogP) is 7.97. The summed E-state index contributed by atoms with van der Waals surface area (Å²) in [6.07, 6.45) is 0. The molecule has 0 aromatic heterocycles. The van der Waals surface area contributed by atoms with Gasteiger partial charge in [-0.1, -0.05) is 48.5 Å². The van der Waals surface area contributed by atoms with Crippen LogP contribution in [0.1, 0.15) is 0 Å². The highest BCUT2D eigenvalue weighted by Gasteiger charge is 2.27. The number of azo groups is 2. The third kappa shape index (κ3) is 8.65.